The van der Waals surface area contributed by atoms with Gasteiger partial charge in [-0.25, -0.2) is 0 Å². The third kappa shape index (κ3) is 3.48. The van der Waals surface area contributed by atoms with Crippen molar-refractivity contribution in [3.63, 3.8) is 0 Å². The minimum absolute atomic E-state index is 0.404. The standard InChI is InChI=1S/C16H33NO/c1-5-9-10-12-18-15-13-14(17-11-6-2)16(15,7-3)8-4/h14-15,17H,5-13H2,1-4H3. The highest BCUT2D eigenvalue weighted by Gasteiger charge is 2.52. The molecule has 0 aromatic rings. The fourth-order valence-electron chi connectivity index (χ4n) is 3.36. The second-order valence-electron chi connectivity index (χ2n) is 5.75. The Balaban J connectivity index is 2.39. The highest BCUT2D eigenvalue weighted by molar-refractivity contribution is 5.06. The second-order valence-corrected chi connectivity index (χ2v) is 5.75. The lowest BCUT2D eigenvalue weighted by Gasteiger charge is -2.55. The molecule has 0 aromatic carbocycles. The molecule has 1 rings (SSSR count). The van der Waals surface area contributed by atoms with Gasteiger partial charge >= 0.3 is 0 Å². The minimum Gasteiger partial charge on any atom is -0.378 e. The van der Waals surface area contributed by atoms with Gasteiger partial charge < -0.3 is 10.1 Å². The molecule has 1 saturated carbocycles. The Kier molecular flexibility index (Phi) is 7.25. The molecule has 1 fully saturated rings. The van der Waals surface area contributed by atoms with E-state index in [1.54, 1.807) is 0 Å². The number of rotatable bonds is 10. The summed E-state index contributed by atoms with van der Waals surface area (Å²) < 4.78 is 6.15. The van der Waals surface area contributed by atoms with Crippen LogP contribution >= 0.6 is 0 Å². The molecule has 2 unspecified atom stereocenters. The molecule has 2 heteroatoms. The average Bonchev–Trinajstić information content (AvgIpc) is 2.38. The van der Waals surface area contributed by atoms with Crippen molar-refractivity contribution in [2.24, 2.45) is 5.41 Å². The van der Waals surface area contributed by atoms with Crippen molar-refractivity contribution in [2.45, 2.75) is 84.8 Å². The first-order chi connectivity index (χ1) is 8.75. The lowest BCUT2D eigenvalue weighted by atomic mass is 9.58. The van der Waals surface area contributed by atoms with E-state index in [2.05, 4.69) is 33.0 Å². The molecular weight excluding hydrogens is 222 g/mol. The predicted octanol–water partition coefficient (Wildman–Crippen LogP) is 4.14. The van der Waals surface area contributed by atoms with Crippen molar-refractivity contribution >= 4 is 0 Å². The third-order valence-electron chi connectivity index (χ3n) is 4.81. The molecule has 1 aliphatic carbocycles. The maximum absolute atomic E-state index is 6.15. The summed E-state index contributed by atoms with van der Waals surface area (Å²) in [6.07, 6.45) is 9.22. The van der Waals surface area contributed by atoms with Crippen LogP contribution in [-0.4, -0.2) is 25.3 Å². The molecule has 108 valence electrons. The SMILES string of the molecule is CCCCCOC1CC(NCCC)C1(CC)CC. The fourth-order valence-corrected chi connectivity index (χ4v) is 3.36. The van der Waals surface area contributed by atoms with Crippen LogP contribution in [0, 0.1) is 5.41 Å². The summed E-state index contributed by atoms with van der Waals surface area (Å²) in [6, 6.07) is 0.684. The molecule has 18 heavy (non-hydrogen) atoms. The average molecular weight is 255 g/mol. The third-order valence-corrected chi connectivity index (χ3v) is 4.81. The Morgan fingerprint density at radius 1 is 1.06 bits per heavy atom. The lowest BCUT2D eigenvalue weighted by molar-refractivity contribution is -0.141. The van der Waals surface area contributed by atoms with Crippen molar-refractivity contribution in [2.75, 3.05) is 13.2 Å². The first-order valence-corrected chi connectivity index (χ1v) is 8.10. The predicted molar refractivity (Wildman–Crippen MR) is 79.0 cm³/mol. The van der Waals surface area contributed by atoms with Crippen LogP contribution in [0.1, 0.15) is 72.6 Å². The van der Waals surface area contributed by atoms with E-state index in [4.69, 9.17) is 4.74 Å². The number of hydrogen-bond donors (Lipinski definition) is 1. The van der Waals surface area contributed by atoms with E-state index < -0.39 is 0 Å². The van der Waals surface area contributed by atoms with E-state index >= 15 is 0 Å². The van der Waals surface area contributed by atoms with Crippen molar-refractivity contribution in [1.82, 2.24) is 5.32 Å². The first kappa shape index (κ1) is 16.0. The number of nitrogens with one attached hydrogen (secondary N) is 1. The Bertz CT molecular complexity index is 211. The van der Waals surface area contributed by atoms with Crippen molar-refractivity contribution in [1.29, 1.82) is 0 Å². The van der Waals surface area contributed by atoms with Gasteiger partial charge in [0.1, 0.15) is 0 Å². The Morgan fingerprint density at radius 3 is 2.33 bits per heavy atom. The first-order valence-electron chi connectivity index (χ1n) is 8.10. The normalized spacial score (nSPS) is 26.0. The van der Waals surface area contributed by atoms with Gasteiger partial charge in [0.05, 0.1) is 6.10 Å². The zero-order valence-corrected chi connectivity index (χ0v) is 12.9. The van der Waals surface area contributed by atoms with Gasteiger partial charge in [-0.3, -0.25) is 0 Å². The molecule has 0 saturated heterocycles. The summed E-state index contributed by atoms with van der Waals surface area (Å²) in [5.74, 6) is 0. The van der Waals surface area contributed by atoms with Gasteiger partial charge in [0.2, 0.25) is 0 Å². The molecule has 1 N–H and O–H groups in total. The number of ether oxygens (including phenoxy) is 1. The van der Waals surface area contributed by atoms with Crippen LogP contribution in [0.5, 0.6) is 0 Å². The molecule has 0 aliphatic heterocycles. The molecule has 2 atom stereocenters. The van der Waals surface area contributed by atoms with Gasteiger partial charge in [0, 0.05) is 18.1 Å². The molecule has 0 radical (unpaired) electrons. The van der Waals surface area contributed by atoms with E-state index in [0.717, 1.165) is 13.2 Å². The van der Waals surface area contributed by atoms with E-state index in [0.29, 0.717) is 17.6 Å². The lowest BCUT2D eigenvalue weighted by Crippen LogP contribution is -2.63. The van der Waals surface area contributed by atoms with Gasteiger partial charge in [0.25, 0.3) is 0 Å². The topological polar surface area (TPSA) is 21.3 Å². The quantitative estimate of drug-likeness (QED) is 0.592. The van der Waals surface area contributed by atoms with E-state index in [-0.39, 0.29) is 0 Å². The molecule has 0 aromatic heterocycles. The fraction of sp³-hybridized carbons (Fsp3) is 1.00. The molecule has 1 aliphatic rings. The Hall–Kier alpha value is -0.0800. The van der Waals surface area contributed by atoms with Crippen molar-refractivity contribution in [3.8, 4) is 0 Å². The maximum atomic E-state index is 6.15. The minimum atomic E-state index is 0.404. The molecular formula is C16H33NO. The van der Waals surface area contributed by atoms with Gasteiger partial charge in [-0.05, 0) is 38.6 Å². The van der Waals surface area contributed by atoms with Gasteiger partial charge in [0.15, 0.2) is 0 Å². The summed E-state index contributed by atoms with van der Waals surface area (Å²) in [7, 11) is 0. The molecule has 0 heterocycles. The molecule has 0 amide bonds. The molecule has 0 spiro atoms. The Morgan fingerprint density at radius 2 is 1.78 bits per heavy atom. The van der Waals surface area contributed by atoms with E-state index in [1.165, 1.54) is 44.9 Å². The van der Waals surface area contributed by atoms with Gasteiger partial charge in [-0.15, -0.1) is 0 Å². The van der Waals surface area contributed by atoms with Crippen LogP contribution in [0.4, 0.5) is 0 Å². The highest BCUT2D eigenvalue weighted by Crippen LogP contribution is 2.48. The van der Waals surface area contributed by atoms with Gasteiger partial charge in [-0.2, -0.15) is 0 Å². The molecule has 2 nitrogen and oxygen atoms in total. The summed E-state index contributed by atoms with van der Waals surface area (Å²) in [5.41, 5.74) is 0.404. The van der Waals surface area contributed by atoms with Crippen LogP contribution < -0.4 is 5.32 Å². The summed E-state index contributed by atoms with van der Waals surface area (Å²) >= 11 is 0. The monoisotopic (exact) mass is 255 g/mol. The summed E-state index contributed by atoms with van der Waals surface area (Å²) in [5, 5.41) is 3.71. The van der Waals surface area contributed by atoms with Crippen LogP contribution in [-0.2, 0) is 4.74 Å². The largest absolute Gasteiger partial charge is 0.378 e. The maximum Gasteiger partial charge on any atom is 0.0661 e. The Labute approximate surface area is 114 Å². The summed E-state index contributed by atoms with van der Waals surface area (Å²) in [6.45, 7) is 11.2. The van der Waals surface area contributed by atoms with Gasteiger partial charge in [-0.1, -0.05) is 40.5 Å². The van der Waals surface area contributed by atoms with Crippen LogP contribution in [0.3, 0.4) is 0 Å². The summed E-state index contributed by atoms with van der Waals surface area (Å²) in [4.78, 5) is 0. The van der Waals surface area contributed by atoms with Crippen LogP contribution in [0.15, 0.2) is 0 Å². The van der Waals surface area contributed by atoms with E-state index in [1.807, 2.05) is 0 Å². The zero-order chi connectivity index (χ0) is 13.4. The zero-order valence-electron chi connectivity index (χ0n) is 12.9. The van der Waals surface area contributed by atoms with Crippen LogP contribution in [0.25, 0.3) is 0 Å². The highest BCUT2D eigenvalue weighted by atomic mass is 16.5. The smallest absolute Gasteiger partial charge is 0.0661 e. The van der Waals surface area contributed by atoms with E-state index in [9.17, 15) is 0 Å². The second kappa shape index (κ2) is 8.16. The van der Waals surface area contributed by atoms with Crippen molar-refractivity contribution in [3.05, 3.63) is 0 Å². The van der Waals surface area contributed by atoms with Crippen LogP contribution in [0.2, 0.25) is 0 Å². The number of unbranched alkanes of at least 4 members (excludes halogenated alkanes) is 2. The molecule has 0 bridgehead atoms. The van der Waals surface area contributed by atoms with Crippen molar-refractivity contribution < 1.29 is 4.74 Å². The number of hydrogen-bond acceptors (Lipinski definition) is 2.